The Kier molecular flexibility index (Phi) is 3.33. The van der Waals surface area contributed by atoms with Crippen LogP contribution in [0.4, 0.5) is 11.4 Å². The van der Waals surface area contributed by atoms with Crippen LogP contribution in [-0.2, 0) is 0 Å². The van der Waals surface area contributed by atoms with E-state index < -0.39 is 0 Å². The molecule has 0 bridgehead atoms. The first-order chi connectivity index (χ1) is 8.58. The van der Waals surface area contributed by atoms with Crippen molar-refractivity contribution in [3.63, 3.8) is 0 Å². The maximum Gasteiger partial charge on any atom is 0.255 e. The van der Waals surface area contributed by atoms with Gasteiger partial charge in [0.05, 0.1) is 0 Å². The lowest BCUT2D eigenvalue weighted by Gasteiger charge is -2.12. The zero-order chi connectivity index (χ0) is 13.1. The normalized spacial score (nSPS) is 10.1. The van der Waals surface area contributed by atoms with E-state index in [-0.39, 0.29) is 5.91 Å². The number of hydrogen-bond acceptors (Lipinski definition) is 2. The summed E-state index contributed by atoms with van der Waals surface area (Å²) >= 11 is 0. The Balaban J connectivity index is 2.28. The summed E-state index contributed by atoms with van der Waals surface area (Å²) in [6.07, 6.45) is 0. The van der Waals surface area contributed by atoms with E-state index in [2.05, 4.69) is 5.32 Å². The average Bonchev–Trinajstić information content (AvgIpc) is 2.34. The Morgan fingerprint density at radius 2 is 1.61 bits per heavy atom. The van der Waals surface area contributed by atoms with Gasteiger partial charge in [-0.25, -0.2) is 0 Å². The predicted octanol–water partition coefficient (Wildman–Crippen LogP) is 3.14. The number of nitrogens with two attached hydrogens (primary N) is 1. The van der Waals surface area contributed by atoms with Gasteiger partial charge in [-0.3, -0.25) is 4.79 Å². The predicted molar refractivity (Wildman–Crippen MR) is 74.7 cm³/mol. The van der Waals surface area contributed by atoms with Gasteiger partial charge >= 0.3 is 0 Å². The second kappa shape index (κ2) is 4.92. The maximum absolute atomic E-state index is 12.1. The molecule has 1 amide bonds. The largest absolute Gasteiger partial charge is 0.399 e. The van der Waals surface area contributed by atoms with Gasteiger partial charge < -0.3 is 11.1 Å². The van der Waals surface area contributed by atoms with E-state index in [0.29, 0.717) is 11.3 Å². The molecule has 92 valence electrons. The van der Waals surface area contributed by atoms with Gasteiger partial charge in [0.1, 0.15) is 0 Å². The van der Waals surface area contributed by atoms with E-state index >= 15 is 0 Å². The van der Waals surface area contributed by atoms with E-state index in [1.54, 1.807) is 12.1 Å². The molecule has 3 heteroatoms. The van der Waals surface area contributed by atoms with Crippen molar-refractivity contribution in [1.82, 2.24) is 0 Å². The quantitative estimate of drug-likeness (QED) is 0.792. The molecule has 2 rings (SSSR count). The minimum Gasteiger partial charge on any atom is -0.399 e. The summed E-state index contributed by atoms with van der Waals surface area (Å²) in [7, 11) is 0. The minimum atomic E-state index is -0.105. The molecule has 18 heavy (non-hydrogen) atoms. The molecular formula is C15H16N2O. The van der Waals surface area contributed by atoms with Gasteiger partial charge in [0.25, 0.3) is 5.91 Å². The van der Waals surface area contributed by atoms with Gasteiger partial charge in [0, 0.05) is 16.9 Å². The number of anilines is 2. The van der Waals surface area contributed by atoms with Crippen LogP contribution < -0.4 is 11.1 Å². The van der Waals surface area contributed by atoms with E-state index in [4.69, 9.17) is 5.73 Å². The summed E-state index contributed by atoms with van der Waals surface area (Å²) in [5, 5.41) is 2.93. The number of carbonyl (C=O) groups excluding carboxylic acids is 1. The lowest BCUT2D eigenvalue weighted by molar-refractivity contribution is 0.102. The molecule has 0 saturated carbocycles. The molecule has 0 aromatic heterocycles. The Bertz CT molecular complexity index is 553. The van der Waals surface area contributed by atoms with Crippen LogP contribution in [-0.4, -0.2) is 5.91 Å². The average molecular weight is 240 g/mol. The Morgan fingerprint density at radius 1 is 1.06 bits per heavy atom. The van der Waals surface area contributed by atoms with Crippen LogP contribution in [0.15, 0.2) is 42.5 Å². The Labute approximate surface area is 107 Å². The van der Waals surface area contributed by atoms with Crippen LogP contribution in [0.2, 0.25) is 0 Å². The maximum atomic E-state index is 12.1. The molecule has 2 aromatic carbocycles. The highest BCUT2D eigenvalue weighted by atomic mass is 16.1. The van der Waals surface area contributed by atoms with Crippen molar-refractivity contribution in [2.75, 3.05) is 11.1 Å². The van der Waals surface area contributed by atoms with Crippen molar-refractivity contribution in [1.29, 1.82) is 0 Å². The molecule has 3 N–H and O–H groups in total. The number of nitrogens with one attached hydrogen (secondary N) is 1. The van der Waals surface area contributed by atoms with Gasteiger partial charge in [0.2, 0.25) is 0 Å². The van der Waals surface area contributed by atoms with Gasteiger partial charge in [-0.15, -0.1) is 0 Å². The zero-order valence-corrected chi connectivity index (χ0v) is 10.5. The van der Waals surface area contributed by atoms with Gasteiger partial charge in [-0.2, -0.15) is 0 Å². The topological polar surface area (TPSA) is 55.1 Å². The summed E-state index contributed by atoms with van der Waals surface area (Å²) in [6, 6.07) is 12.9. The lowest BCUT2D eigenvalue weighted by Crippen LogP contribution is -2.13. The molecule has 0 aliphatic carbocycles. The molecule has 0 saturated heterocycles. The summed E-state index contributed by atoms with van der Waals surface area (Å²) in [4.78, 5) is 12.1. The lowest BCUT2D eigenvalue weighted by atomic mass is 10.1. The summed E-state index contributed by atoms with van der Waals surface area (Å²) in [5.74, 6) is -0.105. The first-order valence-electron chi connectivity index (χ1n) is 5.81. The van der Waals surface area contributed by atoms with Crippen molar-refractivity contribution in [3.05, 3.63) is 59.2 Å². The third-order valence-electron chi connectivity index (χ3n) is 2.83. The molecule has 0 heterocycles. The zero-order valence-electron chi connectivity index (χ0n) is 10.5. The summed E-state index contributed by atoms with van der Waals surface area (Å²) < 4.78 is 0. The van der Waals surface area contributed by atoms with E-state index in [9.17, 15) is 4.79 Å². The highest BCUT2D eigenvalue weighted by molar-refractivity contribution is 6.05. The Morgan fingerprint density at radius 3 is 2.17 bits per heavy atom. The van der Waals surface area contributed by atoms with Crippen LogP contribution >= 0.6 is 0 Å². The number of rotatable bonds is 2. The fourth-order valence-electron chi connectivity index (χ4n) is 1.97. The first-order valence-corrected chi connectivity index (χ1v) is 5.81. The molecule has 2 aromatic rings. The van der Waals surface area contributed by atoms with E-state index in [1.807, 2.05) is 44.2 Å². The van der Waals surface area contributed by atoms with Crippen molar-refractivity contribution >= 4 is 17.3 Å². The van der Waals surface area contributed by atoms with Gasteiger partial charge in [-0.05, 0) is 49.2 Å². The van der Waals surface area contributed by atoms with Crippen molar-refractivity contribution in [2.45, 2.75) is 13.8 Å². The van der Waals surface area contributed by atoms with E-state index in [0.717, 1.165) is 16.8 Å². The van der Waals surface area contributed by atoms with Crippen LogP contribution in [0.5, 0.6) is 0 Å². The molecule has 0 radical (unpaired) electrons. The van der Waals surface area contributed by atoms with Crippen LogP contribution in [0.25, 0.3) is 0 Å². The third kappa shape index (κ3) is 2.51. The van der Waals surface area contributed by atoms with E-state index in [1.165, 1.54) is 0 Å². The molecule has 0 fully saturated rings. The molecule has 0 atom stereocenters. The van der Waals surface area contributed by atoms with Gasteiger partial charge in [-0.1, -0.05) is 18.2 Å². The molecule has 0 spiro atoms. The second-order valence-electron chi connectivity index (χ2n) is 4.35. The highest BCUT2D eigenvalue weighted by Crippen LogP contribution is 2.23. The molecule has 0 aliphatic heterocycles. The summed E-state index contributed by atoms with van der Waals surface area (Å²) in [5.41, 5.74) is 9.88. The molecule has 3 nitrogen and oxygen atoms in total. The van der Waals surface area contributed by atoms with Crippen molar-refractivity contribution < 1.29 is 4.79 Å². The smallest absolute Gasteiger partial charge is 0.255 e. The fourth-order valence-corrected chi connectivity index (χ4v) is 1.97. The monoisotopic (exact) mass is 240 g/mol. The highest BCUT2D eigenvalue weighted by Gasteiger charge is 2.09. The number of nitrogen functional groups attached to an aromatic ring is 1. The Hall–Kier alpha value is -2.29. The number of benzene rings is 2. The fraction of sp³-hybridized carbons (Fsp3) is 0.133. The van der Waals surface area contributed by atoms with Gasteiger partial charge in [0.15, 0.2) is 0 Å². The van der Waals surface area contributed by atoms with Crippen molar-refractivity contribution in [3.8, 4) is 0 Å². The molecule has 0 aliphatic rings. The number of hydrogen-bond donors (Lipinski definition) is 2. The van der Waals surface area contributed by atoms with Crippen LogP contribution in [0.3, 0.4) is 0 Å². The number of carbonyl (C=O) groups is 1. The number of amides is 1. The first kappa shape index (κ1) is 12.2. The SMILES string of the molecule is Cc1cc(N)cc(C)c1NC(=O)c1ccccc1. The second-order valence-corrected chi connectivity index (χ2v) is 4.35. The molecular weight excluding hydrogens is 224 g/mol. The van der Waals surface area contributed by atoms with Crippen LogP contribution in [0, 0.1) is 13.8 Å². The number of aryl methyl sites for hydroxylation is 2. The van der Waals surface area contributed by atoms with Crippen molar-refractivity contribution in [2.24, 2.45) is 0 Å². The standard InChI is InChI=1S/C15H16N2O/c1-10-8-13(16)9-11(2)14(10)17-15(18)12-6-4-3-5-7-12/h3-9H,16H2,1-2H3,(H,17,18). The van der Waals surface area contributed by atoms with Crippen LogP contribution in [0.1, 0.15) is 21.5 Å². The minimum absolute atomic E-state index is 0.105. The molecule has 0 unspecified atom stereocenters. The third-order valence-corrected chi connectivity index (χ3v) is 2.83. The summed E-state index contributed by atoms with van der Waals surface area (Å²) in [6.45, 7) is 3.87.